The zero-order valence-electron chi connectivity index (χ0n) is 13.8. The van der Waals surface area contributed by atoms with Crippen molar-refractivity contribution in [2.45, 2.75) is 25.8 Å². The molecule has 1 aromatic heterocycles. The van der Waals surface area contributed by atoms with Gasteiger partial charge in [0.15, 0.2) is 0 Å². The van der Waals surface area contributed by atoms with Crippen molar-refractivity contribution in [2.24, 2.45) is 5.92 Å². The Balaban J connectivity index is 1.85. The van der Waals surface area contributed by atoms with Crippen LogP contribution in [-0.4, -0.2) is 72.6 Å². The normalized spacial score (nSPS) is 25.8. The molecule has 3 saturated heterocycles. The van der Waals surface area contributed by atoms with E-state index in [0.29, 0.717) is 25.2 Å². The minimum Gasteiger partial charge on any atom is -0.365 e. The molecule has 7 nitrogen and oxygen atoms in total. The van der Waals surface area contributed by atoms with Gasteiger partial charge in [-0.3, -0.25) is 4.79 Å². The first kappa shape index (κ1) is 16.5. The number of H-pyrrole nitrogens is 1. The number of nitrogens with one attached hydrogen (secondary N) is 1. The van der Waals surface area contributed by atoms with Gasteiger partial charge in [0, 0.05) is 51.7 Å². The third kappa shape index (κ3) is 2.90. The summed E-state index contributed by atoms with van der Waals surface area (Å²) < 4.78 is 27.7. The Kier molecular flexibility index (Phi) is 4.24. The fourth-order valence-electron chi connectivity index (χ4n) is 3.55. The number of fused-ring (bicyclic) bond motifs is 4. The average molecular weight is 340 g/mol. The molecule has 3 aliphatic rings. The topological polar surface area (TPSA) is 76.7 Å². The van der Waals surface area contributed by atoms with E-state index in [1.807, 2.05) is 11.8 Å². The van der Waals surface area contributed by atoms with Crippen LogP contribution in [0.4, 0.5) is 0 Å². The van der Waals surface area contributed by atoms with Crippen molar-refractivity contribution in [2.75, 3.05) is 33.7 Å². The van der Waals surface area contributed by atoms with E-state index in [1.165, 1.54) is 8.61 Å². The molecule has 1 aromatic rings. The van der Waals surface area contributed by atoms with E-state index in [2.05, 4.69) is 4.98 Å². The summed E-state index contributed by atoms with van der Waals surface area (Å²) in [5.41, 5.74) is 1.53. The van der Waals surface area contributed by atoms with Gasteiger partial charge in [-0.05, 0) is 31.7 Å². The third-order valence-electron chi connectivity index (χ3n) is 4.91. The Labute approximate surface area is 137 Å². The number of aromatic amines is 1. The van der Waals surface area contributed by atoms with Gasteiger partial charge in [-0.1, -0.05) is 0 Å². The highest BCUT2D eigenvalue weighted by molar-refractivity contribution is 7.86. The van der Waals surface area contributed by atoms with Gasteiger partial charge in [-0.25, -0.2) is 0 Å². The average Bonchev–Trinajstić information content (AvgIpc) is 2.73. The maximum absolute atomic E-state index is 12.8. The molecule has 0 aromatic carbocycles. The van der Waals surface area contributed by atoms with Crippen molar-refractivity contribution in [1.82, 2.24) is 18.5 Å². The fraction of sp³-hybridized carbons (Fsp3) is 0.667. The largest absolute Gasteiger partial charge is 0.365 e. The SMILES string of the molecule is Cc1[nH]ccc1C(=O)N1C[C@H]2CC[C@@H]1CN(S(=O)(=O)N(C)C)C2. The van der Waals surface area contributed by atoms with Crippen LogP contribution in [0.1, 0.15) is 28.9 Å². The molecule has 4 rings (SSSR count). The number of piperidine rings is 1. The summed E-state index contributed by atoms with van der Waals surface area (Å²) in [5.74, 6) is 0.203. The second-order valence-electron chi connectivity index (χ2n) is 6.68. The van der Waals surface area contributed by atoms with Gasteiger partial charge in [0.2, 0.25) is 0 Å². The second-order valence-corrected chi connectivity index (χ2v) is 8.82. The number of hydrogen-bond donors (Lipinski definition) is 1. The van der Waals surface area contributed by atoms with Crippen LogP contribution in [0.25, 0.3) is 0 Å². The highest BCUT2D eigenvalue weighted by Gasteiger charge is 2.41. The summed E-state index contributed by atoms with van der Waals surface area (Å²) in [6, 6.07) is 1.75. The van der Waals surface area contributed by atoms with Gasteiger partial charge in [0.1, 0.15) is 0 Å². The van der Waals surface area contributed by atoms with E-state index in [9.17, 15) is 13.2 Å². The predicted octanol–water partition coefficient (Wildman–Crippen LogP) is 0.666. The van der Waals surface area contributed by atoms with Crippen molar-refractivity contribution >= 4 is 16.1 Å². The number of amides is 1. The molecule has 3 aliphatic heterocycles. The number of carbonyl (C=O) groups excluding carboxylic acids is 1. The molecule has 1 amide bonds. The molecule has 0 unspecified atom stereocenters. The molecule has 23 heavy (non-hydrogen) atoms. The zero-order valence-corrected chi connectivity index (χ0v) is 14.6. The van der Waals surface area contributed by atoms with E-state index < -0.39 is 10.2 Å². The first-order valence-corrected chi connectivity index (χ1v) is 9.33. The van der Waals surface area contributed by atoms with E-state index in [-0.39, 0.29) is 17.9 Å². The van der Waals surface area contributed by atoms with Gasteiger partial charge in [0.25, 0.3) is 16.1 Å². The van der Waals surface area contributed by atoms with E-state index in [0.717, 1.165) is 18.5 Å². The molecule has 0 radical (unpaired) electrons. The number of aromatic nitrogens is 1. The lowest BCUT2D eigenvalue weighted by atomic mass is 9.94. The van der Waals surface area contributed by atoms with Gasteiger partial charge < -0.3 is 9.88 Å². The number of aryl methyl sites for hydroxylation is 1. The van der Waals surface area contributed by atoms with Crippen molar-refractivity contribution in [3.8, 4) is 0 Å². The van der Waals surface area contributed by atoms with Crippen LogP contribution in [0.15, 0.2) is 12.3 Å². The van der Waals surface area contributed by atoms with Crippen molar-refractivity contribution < 1.29 is 13.2 Å². The van der Waals surface area contributed by atoms with Crippen LogP contribution in [0.3, 0.4) is 0 Å². The van der Waals surface area contributed by atoms with Crippen LogP contribution >= 0.6 is 0 Å². The molecule has 0 spiro atoms. The third-order valence-corrected chi connectivity index (χ3v) is 6.79. The molecule has 2 bridgehead atoms. The Morgan fingerprint density at radius 3 is 2.61 bits per heavy atom. The quantitative estimate of drug-likeness (QED) is 0.878. The molecule has 2 atom stereocenters. The summed E-state index contributed by atoms with van der Waals surface area (Å²) in [5, 5.41) is 0. The molecule has 1 N–H and O–H groups in total. The lowest BCUT2D eigenvalue weighted by molar-refractivity contribution is 0.0588. The lowest BCUT2D eigenvalue weighted by Crippen LogP contribution is -2.48. The van der Waals surface area contributed by atoms with Crippen LogP contribution in [0.5, 0.6) is 0 Å². The maximum atomic E-state index is 12.8. The number of carbonyl (C=O) groups is 1. The van der Waals surface area contributed by atoms with Crippen LogP contribution < -0.4 is 0 Å². The lowest BCUT2D eigenvalue weighted by Gasteiger charge is -2.36. The molecule has 128 valence electrons. The minimum absolute atomic E-state index is 0.00236. The second kappa shape index (κ2) is 5.92. The Hall–Kier alpha value is -1.38. The Bertz CT molecular complexity index is 697. The molecule has 0 aliphatic carbocycles. The Morgan fingerprint density at radius 1 is 1.26 bits per heavy atom. The highest BCUT2D eigenvalue weighted by atomic mass is 32.2. The fourth-order valence-corrected chi connectivity index (χ4v) is 4.77. The highest BCUT2D eigenvalue weighted by Crippen LogP contribution is 2.31. The molecule has 0 saturated carbocycles. The molecular weight excluding hydrogens is 316 g/mol. The van der Waals surface area contributed by atoms with Crippen LogP contribution in [-0.2, 0) is 10.2 Å². The molecular formula is C15H24N4O3S. The molecule has 8 heteroatoms. The summed E-state index contributed by atoms with van der Waals surface area (Å²) in [6.07, 6.45) is 3.60. The maximum Gasteiger partial charge on any atom is 0.281 e. The number of hydrogen-bond acceptors (Lipinski definition) is 3. The van der Waals surface area contributed by atoms with Crippen LogP contribution in [0, 0.1) is 12.8 Å². The predicted molar refractivity (Wildman–Crippen MR) is 87.3 cm³/mol. The van der Waals surface area contributed by atoms with Gasteiger partial charge in [-0.15, -0.1) is 0 Å². The van der Waals surface area contributed by atoms with E-state index in [1.54, 1.807) is 26.4 Å². The number of rotatable bonds is 3. The smallest absolute Gasteiger partial charge is 0.281 e. The van der Waals surface area contributed by atoms with E-state index >= 15 is 0 Å². The zero-order chi connectivity index (χ0) is 16.8. The van der Waals surface area contributed by atoms with Gasteiger partial charge in [-0.2, -0.15) is 17.0 Å². The van der Waals surface area contributed by atoms with E-state index in [4.69, 9.17) is 0 Å². The Morgan fingerprint density at radius 2 is 2.00 bits per heavy atom. The molecule has 3 fully saturated rings. The van der Waals surface area contributed by atoms with Crippen molar-refractivity contribution in [1.29, 1.82) is 0 Å². The monoisotopic (exact) mass is 340 g/mol. The van der Waals surface area contributed by atoms with Crippen molar-refractivity contribution in [3.05, 3.63) is 23.5 Å². The minimum atomic E-state index is -3.44. The van der Waals surface area contributed by atoms with Crippen molar-refractivity contribution in [3.63, 3.8) is 0 Å². The first-order chi connectivity index (χ1) is 10.8. The first-order valence-electron chi connectivity index (χ1n) is 7.93. The van der Waals surface area contributed by atoms with Gasteiger partial charge in [0.05, 0.1) is 5.56 Å². The summed E-state index contributed by atoms with van der Waals surface area (Å²) >= 11 is 0. The number of nitrogens with zero attached hydrogens (tertiary/aromatic N) is 3. The van der Waals surface area contributed by atoms with Gasteiger partial charge >= 0.3 is 0 Å². The van der Waals surface area contributed by atoms with Crippen LogP contribution in [0.2, 0.25) is 0 Å². The summed E-state index contributed by atoms with van der Waals surface area (Å²) in [4.78, 5) is 17.7. The standard InChI is InChI=1S/C15H24N4O3S/c1-11-14(6-7-16-11)15(20)19-9-12-4-5-13(19)10-18(8-12)23(21,22)17(2)3/h6-7,12-13,16H,4-5,8-10H2,1-3H3/t12-,13+/m0/s1. The summed E-state index contributed by atoms with van der Waals surface area (Å²) in [7, 11) is -0.338. The molecule has 4 heterocycles. The summed E-state index contributed by atoms with van der Waals surface area (Å²) in [6.45, 7) is 3.39.